The summed E-state index contributed by atoms with van der Waals surface area (Å²) < 4.78 is 0. The molecule has 0 aromatic heterocycles. The average Bonchev–Trinajstić information content (AvgIpc) is 2.26. The maximum absolute atomic E-state index is 12.1. The number of hydrogen-bond donors (Lipinski definition) is 2. The zero-order valence-electron chi connectivity index (χ0n) is 9.86. The van der Waals surface area contributed by atoms with Crippen LogP contribution in [0.4, 0.5) is 0 Å². The molecular formula is C12H22N2O. The lowest BCUT2D eigenvalue weighted by Gasteiger charge is -2.35. The van der Waals surface area contributed by atoms with Crippen molar-refractivity contribution in [1.29, 1.82) is 0 Å². The van der Waals surface area contributed by atoms with Gasteiger partial charge in [-0.15, -0.1) is 0 Å². The van der Waals surface area contributed by atoms with Crippen LogP contribution in [-0.2, 0) is 4.79 Å². The number of carbonyl (C=O) groups is 1. The van der Waals surface area contributed by atoms with Gasteiger partial charge >= 0.3 is 0 Å². The Kier molecular flexibility index (Phi) is 4.33. The molecule has 1 amide bonds. The Bertz CT molecular complexity index is 242. The number of hydrogen-bond acceptors (Lipinski definition) is 2. The average molecular weight is 210 g/mol. The third kappa shape index (κ3) is 3.06. The molecule has 0 saturated carbocycles. The van der Waals surface area contributed by atoms with E-state index in [0.29, 0.717) is 6.54 Å². The van der Waals surface area contributed by atoms with Gasteiger partial charge in [-0.05, 0) is 39.3 Å². The molecule has 3 nitrogen and oxygen atoms in total. The smallest absolute Gasteiger partial charge is 0.226 e. The summed E-state index contributed by atoms with van der Waals surface area (Å²) in [6, 6.07) is 0. The highest BCUT2D eigenvalue weighted by molar-refractivity contribution is 5.82. The van der Waals surface area contributed by atoms with Crippen LogP contribution in [0.2, 0.25) is 0 Å². The minimum atomic E-state index is -0.138. The van der Waals surface area contributed by atoms with Gasteiger partial charge in [0.05, 0.1) is 5.41 Å². The first kappa shape index (κ1) is 12.2. The number of amides is 1. The van der Waals surface area contributed by atoms with Gasteiger partial charge in [0.25, 0.3) is 0 Å². The van der Waals surface area contributed by atoms with Crippen molar-refractivity contribution in [3.8, 4) is 0 Å². The molecule has 15 heavy (non-hydrogen) atoms. The Labute approximate surface area is 92.3 Å². The molecular weight excluding hydrogens is 188 g/mol. The molecule has 0 spiro atoms. The summed E-state index contributed by atoms with van der Waals surface area (Å²) in [5, 5.41) is 6.27. The highest BCUT2D eigenvalue weighted by Gasteiger charge is 2.37. The third-order valence-corrected chi connectivity index (χ3v) is 3.27. The summed E-state index contributed by atoms with van der Waals surface area (Å²) in [5.74, 6) is 0.203. The summed E-state index contributed by atoms with van der Waals surface area (Å²) in [4.78, 5) is 12.1. The molecule has 1 rings (SSSR count). The van der Waals surface area contributed by atoms with Gasteiger partial charge in [0, 0.05) is 6.54 Å². The topological polar surface area (TPSA) is 41.1 Å². The van der Waals surface area contributed by atoms with E-state index in [0.717, 1.165) is 37.9 Å². The van der Waals surface area contributed by atoms with Crippen molar-refractivity contribution in [2.24, 2.45) is 5.41 Å². The van der Waals surface area contributed by atoms with Crippen molar-refractivity contribution >= 4 is 5.91 Å². The molecule has 0 aliphatic carbocycles. The van der Waals surface area contributed by atoms with Gasteiger partial charge in [-0.1, -0.05) is 19.1 Å². The lowest BCUT2D eigenvalue weighted by molar-refractivity contribution is -0.132. The summed E-state index contributed by atoms with van der Waals surface area (Å²) in [6.07, 6.45) is 2.83. The molecule has 0 aromatic rings. The predicted octanol–water partition coefficient (Wildman–Crippen LogP) is 1.46. The van der Waals surface area contributed by atoms with Gasteiger partial charge in [-0.2, -0.15) is 0 Å². The zero-order chi connectivity index (χ0) is 11.3. The van der Waals surface area contributed by atoms with Gasteiger partial charge in [-0.3, -0.25) is 4.79 Å². The van der Waals surface area contributed by atoms with E-state index in [-0.39, 0.29) is 11.3 Å². The van der Waals surface area contributed by atoms with Gasteiger partial charge < -0.3 is 10.6 Å². The van der Waals surface area contributed by atoms with Crippen LogP contribution < -0.4 is 10.6 Å². The summed E-state index contributed by atoms with van der Waals surface area (Å²) >= 11 is 0. The molecule has 0 radical (unpaired) electrons. The zero-order valence-corrected chi connectivity index (χ0v) is 9.86. The fraction of sp³-hybridized carbons (Fsp3) is 0.750. The van der Waals surface area contributed by atoms with Crippen LogP contribution in [0.3, 0.4) is 0 Å². The van der Waals surface area contributed by atoms with Crippen molar-refractivity contribution in [1.82, 2.24) is 10.6 Å². The van der Waals surface area contributed by atoms with Crippen molar-refractivity contribution < 1.29 is 4.79 Å². The van der Waals surface area contributed by atoms with Crippen LogP contribution in [0, 0.1) is 5.41 Å². The molecule has 3 heteroatoms. The van der Waals surface area contributed by atoms with Crippen LogP contribution >= 0.6 is 0 Å². The predicted molar refractivity (Wildman–Crippen MR) is 62.7 cm³/mol. The summed E-state index contributed by atoms with van der Waals surface area (Å²) in [7, 11) is 0. The first-order valence-corrected chi connectivity index (χ1v) is 5.74. The van der Waals surface area contributed by atoms with Crippen LogP contribution in [0.25, 0.3) is 0 Å². The van der Waals surface area contributed by atoms with E-state index in [1.165, 1.54) is 0 Å². The molecule has 1 aliphatic heterocycles. The molecule has 0 atom stereocenters. The van der Waals surface area contributed by atoms with Gasteiger partial charge in [0.2, 0.25) is 5.91 Å². The Morgan fingerprint density at radius 3 is 2.53 bits per heavy atom. The Morgan fingerprint density at radius 2 is 2.07 bits per heavy atom. The van der Waals surface area contributed by atoms with Crippen molar-refractivity contribution in [3.63, 3.8) is 0 Å². The van der Waals surface area contributed by atoms with E-state index in [1.54, 1.807) is 0 Å². The first-order valence-electron chi connectivity index (χ1n) is 5.74. The van der Waals surface area contributed by atoms with Crippen molar-refractivity contribution in [2.75, 3.05) is 19.6 Å². The Morgan fingerprint density at radius 1 is 1.47 bits per heavy atom. The highest BCUT2D eigenvalue weighted by atomic mass is 16.2. The van der Waals surface area contributed by atoms with Crippen LogP contribution in [0.5, 0.6) is 0 Å². The molecule has 1 saturated heterocycles. The quantitative estimate of drug-likeness (QED) is 0.690. The SMILES string of the molecule is C=C(C)CNC(=O)C1(CC)CCNCC1. The van der Waals surface area contributed by atoms with Crippen LogP contribution in [0.15, 0.2) is 12.2 Å². The number of carbonyl (C=O) groups excluding carboxylic acids is 1. The molecule has 0 unspecified atom stereocenters. The number of rotatable bonds is 4. The molecule has 2 N–H and O–H groups in total. The molecule has 0 aromatic carbocycles. The lowest BCUT2D eigenvalue weighted by atomic mass is 9.76. The first-order chi connectivity index (χ1) is 7.10. The second-order valence-corrected chi connectivity index (χ2v) is 4.52. The summed E-state index contributed by atoms with van der Waals surface area (Å²) in [5.41, 5.74) is 0.865. The van der Waals surface area contributed by atoms with Gasteiger partial charge in [-0.25, -0.2) is 0 Å². The Hall–Kier alpha value is -0.830. The Balaban J connectivity index is 2.55. The van der Waals surface area contributed by atoms with E-state index in [1.807, 2.05) is 6.92 Å². The molecule has 86 valence electrons. The maximum atomic E-state index is 12.1. The minimum Gasteiger partial charge on any atom is -0.352 e. The fourth-order valence-corrected chi connectivity index (χ4v) is 2.07. The number of nitrogens with one attached hydrogen (secondary N) is 2. The number of piperidine rings is 1. The minimum absolute atomic E-state index is 0.138. The second kappa shape index (κ2) is 5.31. The third-order valence-electron chi connectivity index (χ3n) is 3.27. The van der Waals surface area contributed by atoms with Crippen molar-refractivity contribution in [3.05, 3.63) is 12.2 Å². The van der Waals surface area contributed by atoms with E-state index in [9.17, 15) is 4.79 Å². The van der Waals surface area contributed by atoms with Crippen molar-refractivity contribution in [2.45, 2.75) is 33.1 Å². The van der Waals surface area contributed by atoms with E-state index < -0.39 is 0 Å². The van der Waals surface area contributed by atoms with E-state index in [2.05, 4.69) is 24.1 Å². The summed E-state index contributed by atoms with van der Waals surface area (Å²) in [6.45, 7) is 10.3. The van der Waals surface area contributed by atoms with Gasteiger partial charge in [0.15, 0.2) is 0 Å². The lowest BCUT2D eigenvalue weighted by Crippen LogP contribution is -2.47. The highest BCUT2D eigenvalue weighted by Crippen LogP contribution is 2.32. The monoisotopic (exact) mass is 210 g/mol. The molecule has 1 fully saturated rings. The van der Waals surface area contributed by atoms with Gasteiger partial charge in [0.1, 0.15) is 0 Å². The second-order valence-electron chi connectivity index (χ2n) is 4.52. The maximum Gasteiger partial charge on any atom is 0.226 e. The normalized spacial score (nSPS) is 19.6. The van der Waals surface area contributed by atoms with E-state index >= 15 is 0 Å². The molecule has 1 heterocycles. The van der Waals surface area contributed by atoms with E-state index in [4.69, 9.17) is 0 Å². The fourth-order valence-electron chi connectivity index (χ4n) is 2.07. The molecule has 0 bridgehead atoms. The van der Waals surface area contributed by atoms with Crippen LogP contribution in [0.1, 0.15) is 33.1 Å². The van der Waals surface area contributed by atoms with Crippen LogP contribution in [-0.4, -0.2) is 25.5 Å². The standard InChI is InChI=1S/C12H22N2O/c1-4-12(5-7-13-8-6-12)11(15)14-9-10(2)3/h13H,2,4-9H2,1,3H3,(H,14,15). The largest absolute Gasteiger partial charge is 0.352 e. The molecule has 1 aliphatic rings.